The van der Waals surface area contributed by atoms with Gasteiger partial charge in [-0.15, -0.1) is 0 Å². The van der Waals surface area contributed by atoms with E-state index in [1.165, 1.54) is 0 Å². The molecule has 0 saturated heterocycles. The van der Waals surface area contributed by atoms with Gasteiger partial charge in [-0.2, -0.15) is 0 Å². The third-order valence-corrected chi connectivity index (χ3v) is 5.62. The normalized spacial score (nSPS) is 27.9. The number of nitrogens with zero attached hydrogens (tertiary/aromatic N) is 3. The van der Waals surface area contributed by atoms with Crippen molar-refractivity contribution in [2.24, 2.45) is 4.99 Å². The van der Waals surface area contributed by atoms with Crippen LogP contribution in [0.5, 0.6) is 0 Å². The quantitative estimate of drug-likeness (QED) is 0.615. The van der Waals surface area contributed by atoms with Gasteiger partial charge in [0.2, 0.25) is 5.91 Å². The van der Waals surface area contributed by atoms with Crippen molar-refractivity contribution in [2.45, 2.75) is 63.3 Å². The number of aromatic nitrogens is 1. The smallest absolute Gasteiger partial charge is 0.244 e. The fourth-order valence-electron chi connectivity index (χ4n) is 4.08. The first-order valence-electron chi connectivity index (χ1n) is 9.80. The predicted molar refractivity (Wildman–Crippen MR) is 104 cm³/mol. The first-order chi connectivity index (χ1) is 13.3. The monoisotopic (exact) mass is 385 g/mol. The average Bonchev–Trinajstić information content (AvgIpc) is 2.67. The molecule has 0 aromatic carbocycles. The predicted octanol–water partition coefficient (Wildman–Crippen LogP) is 0.886. The minimum Gasteiger partial charge on any atom is -0.393 e. The molecule has 8 nitrogen and oxygen atoms in total. The Morgan fingerprint density at radius 3 is 2.61 bits per heavy atom. The maximum Gasteiger partial charge on any atom is 0.244 e. The van der Waals surface area contributed by atoms with E-state index in [4.69, 9.17) is 0 Å². The van der Waals surface area contributed by atoms with E-state index in [-0.39, 0.29) is 30.6 Å². The molecule has 0 radical (unpaired) electrons. The molecule has 1 aliphatic carbocycles. The molecular weight excluding hydrogens is 358 g/mol. The van der Waals surface area contributed by atoms with E-state index in [0.717, 1.165) is 37.1 Å². The largest absolute Gasteiger partial charge is 0.393 e. The van der Waals surface area contributed by atoms with Crippen LogP contribution in [-0.4, -0.2) is 50.9 Å². The number of nitrogens with one attached hydrogen (secondary N) is 2. The first-order valence-corrected chi connectivity index (χ1v) is 9.80. The van der Waals surface area contributed by atoms with Crippen molar-refractivity contribution in [3.05, 3.63) is 41.2 Å². The molecular formula is C20H27N5O3. The number of aliphatic hydroxyl groups excluding tert-OH is 1. The number of aliphatic hydroxyl groups is 2. The van der Waals surface area contributed by atoms with E-state index >= 15 is 0 Å². The molecule has 1 aromatic heterocycles. The molecule has 150 valence electrons. The van der Waals surface area contributed by atoms with Crippen molar-refractivity contribution in [1.29, 1.82) is 0 Å². The zero-order valence-electron chi connectivity index (χ0n) is 16.2. The van der Waals surface area contributed by atoms with Crippen LogP contribution in [0.3, 0.4) is 0 Å². The standard InChI is InChI=1S/C20H27N5O3/c1-20(2,28)16-8-3-12(9-21-16)15-10-22-18-19(23-11-17(27)24-18)25(15)13-4-6-14(26)7-5-13/h3,8-10,13-15,23,26,28H,4-7,11H2,1-2H3,(H,24,27). The van der Waals surface area contributed by atoms with Crippen LogP contribution in [0.25, 0.3) is 0 Å². The second-order valence-corrected chi connectivity index (χ2v) is 8.23. The molecule has 0 bridgehead atoms. The van der Waals surface area contributed by atoms with Crippen LogP contribution in [0.1, 0.15) is 56.8 Å². The summed E-state index contributed by atoms with van der Waals surface area (Å²) in [5.74, 6) is 1.25. The number of aliphatic imine (C=N–C) groups is 1. The topological polar surface area (TPSA) is 110 Å². The number of pyridine rings is 1. The van der Waals surface area contributed by atoms with Crippen molar-refractivity contribution >= 4 is 12.1 Å². The van der Waals surface area contributed by atoms with Gasteiger partial charge in [0.05, 0.1) is 24.4 Å². The van der Waals surface area contributed by atoms with Gasteiger partial charge in [0.25, 0.3) is 0 Å². The lowest BCUT2D eigenvalue weighted by atomic mass is 9.90. The average molecular weight is 385 g/mol. The summed E-state index contributed by atoms with van der Waals surface area (Å²) in [7, 11) is 0. The number of carbonyl (C=O) groups is 1. The van der Waals surface area contributed by atoms with Crippen LogP contribution < -0.4 is 10.6 Å². The van der Waals surface area contributed by atoms with E-state index in [0.29, 0.717) is 11.5 Å². The Morgan fingerprint density at radius 2 is 1.96 bits per heavy atom. The van der Waals surface area contributed by atoms with Gasteiger partial charge in [0, 0.05) is 18.5 Å². The number of hydrogen-bond acceptors (Lipinski definition) is 7. The SMILES string of the molecule is CC(C)(O)c1ccc(C2C=NC3=C(NCC(=O)N3)N2C2CCC(O)CC2)cn1. The lowest BCUT2D eigenvalue weighted by molar-refractivity contribution is -0.120. The Morgan fingerprint density at radius 1 is 1.21 bits per heavy atom. The third-order valence-electron chi connectivity index (χ3n) is 5.62. The summed E-state index contributed by atoms with van der Waals surface area (Å²) >= 11 is 0. The summed E-state index contributed by atoms with van der Waals surface area (Å²) < 4.78 is 0. The fraction of sp³-hybridized carbons (Fsp3) is 0.550. The maximum absolute atomic E-state index is 11.8. The highest BCUT2D eigenvalue weighted by atomic mass is 16.3. The summed E-state index contributed by atoms with van der Waals surface area (Å²) in [6.07, 6.45) is 6.62. The Hall–Kier alpha value is -2.45. The first kappa shape index (κ1) is 18.9. The van der Waals surface area contributed by atoms with Gasteiger partial charge in [-0.25, -0.2) is 4.99 Å². The van der Waals surface area contributed by atoms with Gasteiger partial charge in [0.1, 0.15) is 11.4 Å². The zero-order chi connectivity index (χ0) is 19.9. The highest BCUT2D eigenvalue weighted by molar-refractivity contribution is 5.83. The highest BCUT2D eigenvalue weighted by Crippen LogP contribution is 2.36. The van der Waals surface area contributed by atoms with Gasteiger partial charge in [-0.1, -0.05) is 6.07 Å². The zero-order valence-corrected chi connectivity index (χ0v) is 16.2. The van der Waals surface area contributed by atoms with Crippen molar-refractivity contribution in [2.75, 3.05) is 6.54 Å². The van der Waals surface area contributed by atoms with Gasteiger partial charge < -0.3 is 25.7 Å². The maximum atomic E-state index is 11.8. The van der Waals surface area contributed by atoms with Crippen LogP contribution in [0.4, 0.5) is 0 Å². The van der Waals surface area contributed by atoms with Crippen LogP contribution in [0, 0.1) is 0 Å². The van der Waals surface area contributed by atoms with Gasteiger partial charge in [-0.05, 0) is 51.2 Å². The third kappa shape index (κ3) is 3.62. The molecule has 3 heterocycles. The van der Waals surface area contributed by atoms with Crippen LogP contribution >= 0.6 is 0 Å². The molecule has 1 amide bonds. The van der Waals surface area contributed by atoms with Gasteiger partial charge >= 0.3 is 0 Å². The number of hydrogen-bond donors (Lipinski definition) is 4. The summed E-state index contributed by atoms with van der Waals surface area (Å²) in [6, 6.07) is 3.90. The molecule has 3 aliphatic rings. The second-order valence-electron chi connectivity index (χ2n) is 8.23. The Kier molecular flexibility index (Phi) is 4.84. The fourth-order valence-corrected chi connectivity index (χ4v) is 4.08. The lowest BCUT2D eigenvalue weighted by Gasteiger charge is -2.45. The van der Waals surface area contributed by atoms with Crippen LogP contribution in [0.15, 0.2) is 35.0 Å². The number of amides is 1. The molecule has 1 atom stereocenters. The number of rotatable bonds is 3. The summed E-state index contributed by atoms with van der Waals surface area (Å²) in [4.78, 5) is 22.9. The van der Waals surface area contributed by atoms with Gasteiger partial charge in [0.15, 0.2) is 5.82 Å². The molecule has 28 heavy (non-hydrogen) atoms. The van der Waals surface area contributed by atoms with Crippen LogP contribution in [-0.2, 0) is 10.4 Å². The Bertz CT molecular complexity index is 804. The van der Waals surface area contributed by atoms with Crippen LogP contribution in [0.2, 0.25) is 0 Å². The van der Waals surface area contributed by atoms with E-state index in [9.17, 15) is 15.0 Å². The van der Waals surface area contributed by atoms with Crippen molar-refractivity contribution in [3.63, 3.8) is 0 Å². The molecule has 1 saturated carbocycles. The molecule has 0 spiro atoms. The summed E-state index contributed by atoms with van der Waals surface area (Å²) in [6.45, 7) is 3.63. The Labute approximate surface area is 164 Å². The molecule has 2 aliphatic heterocycles. The minimum atomic E-state index is -0.997. The van der Waals surface area contributed by atoms with Gasteiger partial charge in [-0.3, -0.25) is 9.78 Å². The van der Waals surface area contributed by atoms with Crippen molar-refractivity contribution in [3.8, 4) is 0 Å². The van der Waals surface area contributed by atoms with E-state index < -0.39 is 5.60 Å². The van der Waals surface area contributed by atoms with Crippen molar-refractivity contribution in [1.82, 2.24) is 20.5 Å². The van der Waals surface area contributed by atoms with Crippen molar-refractivity contribution < 1.29 is 15.0 Å². The minimum absolute atomic E-state index is 0.107. The number of carbonyl (C=O) groups excluding carboxylic acids is 1. The molecule has 8 heteroatoms. The molecule has 1 unspecified atom stereocenters. The molecule has 4 rings (SSSR count). The van der Waals surface area contributed by atoms with E-state index in [2.05, 4.69) is 25.5 Å². The highest BCUT2D eigenvalue weighted by Gasteiger charge is 2.37. The summed E-state index contributed by atoms with van der Waals surface area (Å²) in [5, 5.41) is 26.1. The second kappa shape index (κ2) is 7.18. The molecule has 1 fully saturated rings. The Balaban J connectivity index is 1.67. The molecule has 4 N–H and O–H groups in total. The molecule has 1 aromatic rings. The van der Waals surface area contributed by atoms with E-state index in [1.807, 2.05) is 18.3 Å². The summed E-state index contributed by atoms with van der Waals surface area (Å²) in [5.41, 5.74) is 0.580. The van der Waals surface area contributed by atoms with E-state index in [1.54, 1.807) is 20.0 Å². The lowest BCUT2D eigenvalue weighted by Crippen LogP contribution is -2.52.